The van der Waals surface area contributed by atoms with Gasteiger partial charge in [-0.3, -0.25) is 4.79 Å². The molecule has 30 heavy (non-hydrogen) atoms. The zero-order valence-corrected chi connectivity index (χ0v) is 17.7. The molecule has 2 N–H and O–H groups in total. The van der Waals surface area contributed by atoms with E-state index in [9.17, 15) is 4.79 Å². The van der Waals surface area contributed by atoms with E-state index < -0.39 is 0 Å². The number of nitrogens with zero attached hydrogens (tertiary/aromatic N) is 2. The SMILES string of the molecule is O=c1[nH]c(CN(C[C@H]2CCCO2)C(=S)NCCc2ccccc2)nc2ccccc12. The molecule has 0 radical (unpaired) electrons. The molecule has 1 atom stereocenters. The highest BCUT2D eigenvalue weighted by Crippen LogP contribution is 2.15. The minimum atomic E-state index is -0.129. The van der Waals surface area contributed by atoms with E-state index in [-0.39, 0.29) is 11.7 Å². The zero-order chi connectivity index (χ0) is 20.8. The van der Waals surface area contributed by atoms with Crippen LogP contribution in [0.4, 0.5) is 0 Å². The van der Waals surface area contributed by atoms with Crippen LogP contribution < -0.4 is 10.9 Å². The van der Waals surface area contributed by atoms with Gasteiger partial charge < -0.3 is 19.9 Å². The normalized spacial score (nSPS) is 15.9. The number of aromatic amines is 1. The summed E-state index contributed by atoms with van der Waals surface area (Å²) in [6.45, 7) is 2.63. The van der Waals surface area contributed by atoms with Crippen LogP contribution in [0.2, 0.25) is 0 Å². The molecule has 156 valence electrons. The highest BCUT2D eigenvalue weighted by atomic mass is 32.1. The van der Waals surface area contributed by atoms with Crippen molar-refractivity contribution in [1.82, 2.24) is 20.2 Å². The van der Waals surface area contributed by atoms with E-state index in [0.717, 1.165) is 32.4 Å². The highest BCUT2D eigenvalue weighted by Gasteiger charge is 2.22. The zero-order valence-electron chi connectivity index (χ0n) is 16.8. The molecular weight excluding hydrogens is 396 g/mol. The van der Waals surface area contributed by atoms with Gasteiger partial charge >= 0.3 is 0 Å². The minimum Gasteiger partial charge on any atom is -0.376 e. The molecule has 6 nitrogen and oxygen atoms in total. The molecule has 1 aromatic heterocycles. The molecule has 1 fully saturated rings. The summed E-state index contributed by atoms with van der Waals surface area (Å²) >= 11 is 5.69. The first kappa shape index (κ1) is 20.5. The van der Waals surface area contributed by atoms with Crippen molar-refractivity contribution in [2.75, 3.05) is 19.7 Å². The summed E-state index contributed by atoms with van der Waals surface area (Å²) in [5, 5.41) is 4.60. The smallest absolute Gasteiger partial charge is 0.258 e. The van der Waals surface area contributed by atoms with E-state index in [1.165, 1.54) is 5.56 Å². The van der Waals surface area contributed by atoms with E-state index in [4.69, 9.17) is 17.0 Å². The van der Waals surface area contributed by atoms with Gasteiger partial charge in [0.25, 0.3) is 5.56 Å². The topological polar surface area (TPSA) is 70.2 Å². The van der Waals surface area contributed by atoms with Gasteiger partial charge in [-0.15, -0.1) is 0 Å². The summed E-state index contributed by atoms with van der Waals surface area (Å²) in [5.41, 5.74) is 1.82. The van der Waals surface area contributed by atoms with Crippen molar-refractivity contribution in [3.63, 3.8) is 0 Å². The Hall–Kier alpha value is -2.77. The van der Waals surface area contributed by atoms with Crippen LogP contribution in [0.1, 0.15) is 24.2 Å². The highest BCUT2D eigenvalue weighted by molar-refractivity contribution is 7.80. The van der Waals surface area contributed by atoms with Crippen LogP contribution in [0.15, 0.2) is 59.4 Å². The summed E-state index contributed by atoms with van der Waals surface area (Å²) < 4.78 is 5.82. The molecule has 1 aliphatic rings. The van der Waals surface area contributed by atoms with Crippen molar-refractivity contribution >= 4 is 28.2 Å². The van der Waals surface area contributed by atoms with Gasteiger partial charge in [-0.1, -0.05) is 42.5 Å². The molecule has 3 aromatic rings. The van der Waals surface area contributed by atoms with Crippen molar-refractivity contribution in [1.29, 1.82) is 0 Å². The van der Waals surface area contributed by atoms with Crippen LogP contribution in [-0.4, -0.2) is 45.8 Å². The van der Waals surface area contributed by atoms with Crippen LogP contribution in [0.5, 0.6) is 0 Å². The van der Waals surface area contributed by atoms with Gasteiger partial charge in [0.2, 0.25) is 0 Å². The molecule has 0 amide bonds. The number of aromatic nitrogens is 2. The maximum atomic E-state index is 12.4. The van der Waals surface area contributed by atoms with Gasteiger partial charge in [-0.2, -0.15) is 0 Å². The molecule has 0 aliphatic carbocycles. The average molecular weight is 423 g/mol. The van der Waals surface area contributed by atoms with E-state index in [1.54, 1.807) is 6.07 Å². The van der Waals surface area contributed by atoms with Crippen molar-refractivity contribution in [2.45, 2.75) is 31.9 Å². The molecular formula is C23H26N4O2S. The lowest BCUT2D eigenvalue weighted by Crippen LogP contribution is -2.44. The summed E-state index contributed by atoms with van der Waals surface area (Å²) in [5.74, 6) is 0.601. The van der Waals surface area contributed by atoms with Gasteiger partial charge in [-0.05, 0) is 49.2 Å². The fraction of sp³-hybridized carbons (Fsp3) is 0.348. The Labute approximate surface area is 181 Å². The first-order chi connectivity index (χ1) is 14.7. The number of H-pyrrole nitrogens is 1. The quantitative estimate of drug-likeness (QED) is 0.571. The first-order valence-corrected chi connectivity index (χ1v) is 10.8. The second kappa shape index (κ2) is 9.82. The van der Waals surface area contributed by atoms with E-state index in [0.29, 0.717) is 34.9 Å². The van der Waals surface area contributed by atoms with Crippen LogP contribution >= 0.6 is 12.2 Å². The molecule has 7 heteroatoms. The number of hydrogen-bond acceptors (Lipinski definition) is 4. The number of para-hydroxylation sites is 1. The Morgan fingerprint density at radius 2 is 2.00 bits per heavy atom. The lowest BCUT2D eigenvalue weighted by molar-refractivity contribution is 0.0893. The fourth-order valence-corrected chi connectivity index (χ4v) is 3.96. The van der Waals surface area contributed by atoms with Gasteiger partial charge in [0.15, 0.2) is 5.11 Å². The Morgan fingerprint density at radius 3 is 2.80 bits per heavy atom. The third-order valence-electron chi connectivity index (χ3n) is 5.27. The maximum Gasteiger partial charge on any atom is 0.258 e. The minimum absolute atomic E-state index is 0.129. The predicted molar refractivity (Wildman–Crippen MR) is 122 cm³/mol. The van der Waals surface area contributed by atoms with Gasteiger partial charge in [0, 0.05) is 19.7 Å². The van der Waals surface area contributed by atoms with Gasteiger partial charge in [-0.25, -0.2) is 4.98 Å². The van der Waals surface area contributed by atoms with Crippen LogP contribution in [0.3, 0.4) is 0 Å². The molecule has 1 saturated heterocycles. The van der Waals surface area contributed by atoms with Crippen molar-refractivity contribution < 1.29 is 4.74 Å². The summed E-state index contributed by atoms with van der Waals surface area (Å²) in [4.78, 5) is 22.0. The number of fused-ring (bicyclic) bond motifs is 1. The second-order valence-corrected chi connectivity index (χ2v) is 7.90. The van der Waals surface area contributed by atoms with Crippen LogP contribution in [-0.2, 0) is 17.7 Å². The Kier molecular flexibility index (Phi) is 6.71. The Bertz CT molecular complexity index is 1050. The lowest BCUT2D eigenvalue weighted by Gasteiger charge is -2.28. The number of nitrogens with one attached hydrogen (secondary N) is 2. The molecule has 0 saturated carbocycles. The van der Waals surface area contributed by atoms with Gasteiger partial charge in [0.1, 0.15) is 5.82 Å². The van der Waals surface area contributed by atoms with Gasteiger partial charge in [0.05, 0.1) is 23.6 Å². The maximum absolute atomic E-state index is 12.4. The van der Waals surface area contributed by atoms with E-state index >= 15 is 0 Å². The molecule has 0 spiro atoms. The first-order valence-electron chi connectivity index (χ1n) is 10.4. The molecule has 0 unspecified atom stereocenters. The van der Waals surface area contributed by atoms with Crippen LogP contribution in [0.25, 0.3) is 10.9 Å². The molecule has 1 aliphatic heterocycles. The molecule has 4 rings (SSSR count). The number of thiocarbonyl (C=S) groups is 1. The standard InChI is InChI=1S/C23H26N4O2S/c28-22-19-10-4-5-11-20(19)25-21(26-22)16-27(15-18-9-6-14-29-18)23(30)24-13-12-17-7-2-1-3-8-17/h1-5,7-8,10-11,18H,6,9,12-16H2,(H,24,30)(H,25,26,28)/t18-/m1/s1. The Balaban J connectivity index is 1.46. The van der Waals surface area contributed by atoms with E-state index in [1.807, 2.05) is 41.3 Å². The largest absolute Gasteiger partial charge is 0.376 e. The van der Waals surface area contributed by atoms with Crippen molar-refractivity contribution in [3.05, 3.63) is 76.3 Å². The Morgan fingerprint density at radius 1 is 1.20 bits per heavy atom. The number of benzene rings is 2. The average Bonchev–Trinajstić information content (AvgIpc) is 3.27. The lowest BCUT2D eigenvalue weighted by atomic mass is 10.1. The summed E-state index contributed by atoms with van der Waals surface area (Å²) in [7, 11) is 0. The number of rotatable bonds is 7. The second-order valence-electron chi connectivity index (χ2n) is 7.51. The monoisotopic (exact) mass is 422 g/mol. The molecule has 2 aromatic carbocycles. The number of hydrogen-bond donors (Lipinski definition) is 2. The predicted octanol–water partition coefficient (Wildman–Crippen LogP) is 3.02. The van der Waals surface area contributed by atoms with Crippen molar-refractivity contribution in [3.8, 4) is 0 Å². The summed E-state index contributed by atoms with van der Waals surface area (Å²) in [6, 6.07) is 17.7. The third-order valence-corrected chi connectivity index (χ3v) is 5.67. The van der Waals surface area contributed by atoms with Crippen molar-refractivity contribution in [2.24, 2.45) is 0 Å². The molecule has 0 bridgehead atoms. The number of ether oxygens (including phenoxy) is 1. The fourth-order valence-electron chi connectivity index (χ4n) is 3.71. The molecule has 2 heterocycles. The third kappa shape index (κ3) is 5.23. The summed E-state index contributed by atoms with van der Waals surface area (Å²) in [6.07, 6.45) is 3.12. The van der Waals surface area contributed by atoms with E-state index in [2.05, 4.69) is 27.4 Å². The van der Waals surface area contributed by atoms with Crippen LogP contribution in [0, 0.1) is 0 Å².